The van der Waals surface area contributed by atoms with Crippen molar-refractivity contribution in [2.75, 3.05) is 19.6 Å². The Bertz CT molecular complexity index is 529. The third-order valence-corrected chi connectivity index (χ3v) is 3.67. The molecule has 1 aromatic carbocycles. The molecule has 1 unspecified atom stereocenters. The molecule has 0 amide bonds. The van der Waals surface area contributed by atoms with E-state index < -0.39 is 0 Å². The number of hydrogen-bond donors (Lipinski definition) is 1. The molecule has 1 aromatic heterocycles. The fourth-order valence-electron chi connectivity index (χ4n) is 2.50. The third-order valence-electron chi connectivity index (χ3n) is 3.44. The zero-order chi connectivity index (χ0) is 13.1. The minimum atomic E-state index is 0.323. The van der Waals surface area contributed by atoms with E-state index in [-0.39, 0.29) is 0 Å². The monoisotopic (exact) mass is 277 g/mol. The highest BCUT2D eigenvalue weighted by atomic mass is 35.5. The highest BCUT2D eigenvalue weighted by Crippen LogP contribution is 2.25. The van der Waals surface area contributed by atoms with E-state index in [9.17, 15) is 0 Å². The molecular weight excluding hydrogens is 262 g/mol. The summed E-state index contributed by atoms with van der Waals surface area (Å²) in [5.74, 6) is 0. The summed E-state index contributed by atoms with van der Waals surface area (Å²) in [6.45, 7) is 3.71. The van der Waals surface area contributed by atoms with Gasteiger partial charge >= 0.3 is 0 Å². The Labute approximate surface area is 117 Å². The van der Waals surface area contributed by atoms with Crippen LogP contribution in [0.4, 0.5) is 0 Å². The van der Waals surface area contributed by atoms with Gasteiger partial charge in [-0.15, -0.1) is 0 Å². The Hall–Kier alpha value is -1.36. The summed E-state index contributed by atoms with van der Waals surface area (Å²) in [5, 5.41) is 4.22. The summed E-state index contributed by atoms with van der Waals surface area (Å²) >= 11 is 6.09. The highest BCUT2D eigenvalue weighted by molar-refractivity contribution is 6.30. The zero-order valence-electron chi connectivity index (χ0n) is 10.6. The van der Waals surface area contributed by atoms with Crippen molar-refractivity contribution in [3.05, 3.63) is 53.2 Å². The SMILES string of the molecule is Clc1cccc(C2CNCCN2Cc2cocn2)c1. The molecule has 1 saturated heterocycles. The topological polar surface area (TPSA) is 41.3 Å². The van der Waals surface area contributed by atoms with Crippen molar-refractivity contribution in [3.63, 3.8) is 0 Å². The maximum atomic E-state index is 6.09. The minimum absolute atomic E-state index is 0.323. The van der Waals surface area contributed by atoms with Gasteiger partial charge in [0.2, 0.25) is 0 Å². The van der Waals surface area contributed by atoms with Gasteiger partial charge in [0.15, 0.2) is 6.39 Å². The summed E-state index contributed by atoms with van der Waals surface area (Å²) in [6, 6.07) is 8.39. The van der Waals surface area contributed by atoms with Gasteiger partial charge in [-0.05, 0) is 17.7 Å². The van der Waals surface area contributed by atoms with Gasteiger partial charge in [-0.1, -0.05) is 23.7 Å². The van der Waals surface area contributed by atoms with Gasteiger partial charge in [-0.3, -0.25) is 4.90 Å². The Balaban J connectivity index is 1.80. The Kier molecular flexibility index (Phi) is 3.82. The van der Waals surface area contributed by atoms with E-state index in [1.807, 2.05) is 18.2 Å². The van der Waals surface area contributed by atoms with Gasteiger partial charge in [0.25, 0.3) is 0 Å². The van der Waals surface area contributed by atoms with E-state index in [0.29, 0.717) is 6.04 Å². The molecule has 1 aliphatic rings. The van der Waals surface area contributed by atoms with Crippen LogP contribution in [0.5, 0.6) is 0 Å². The van der Waals surface area contributed by atoms with E-state index in [1.165, 1.54) is 12.0 Å². The van der Waals surface area contributed by atoms with Crippen LogP contribution in [0.3, 0.4) is 0 Å². The second kappa shape index (κ2) is 5.74. The van der Waals surface area contributed by atoms with Crippen molar-refractivity contribution in [3.8, 4) is 0 Å². The van der Waals surface area contributed by atoms with Crippen molar-refractivity contribution in [1.82, 2.24) is 15.2 Å². The lowest BCUT2D eigenvalue weighted by molar-refractivity contribution is 0.152. The molecule has 1 aliphatic heterocycles. The summed E-state index contributed by atoms with van der Waals surface area (Å²) in [5.41, 5.74) is 2.21. The van der Waals surface area contributed by atoms with Crippen LogP contribution in [-0.4, -0.2) is 29.5 Å². The van der Waals surface area contributed by atoms with Crippen LogP contribution in [0.1, 0.15) is 17.3 Å². The van der Waals surface area contributed by atoms with E-state index in [4.69, 9.17) is 16.0 Å². The number of oxazole rings is 1. The molecule has 0 radical (unpaired) electrons. The van der Waals surface area contributed by atoms with Gasteiger partial charge in [-0.25, -0.2) is 4.98 Å². The molecule has 0 spiro atoms. The maximum Gasteiger partial charge on any atom is 0.180 e. The maximum absolute atomic E-state index is 6.09. The normalized spacial score (nSPS) is 20.6. The summed E-state index contributed by atoms with van der Waals surface area (Å²) in [7, 11) is 0. The van der Waals surface area contributed by atoms with Crippen molar-refractivity contribution < 1.29 is 4.42 Å². The average molecular weight is 278 g/mol. The fourth-order valence-corrected chi connectivity index (χ4v) is 2.70. The van der Waals surface area contributed by atoms with Crippen molar-refractivity contribution in [2.45, 2.75) is 12.6 Å². The van der Waals surface area contributed by atoms with Gasteiger partial charge in [0.05, 0.1) is 5.69 Å². The molecule has 3 rings (SSSR count). The van der Waals surface area contributed by atoms with Gasteiger partial charge < -0.3 is 9.73 Å². The van der Waals surface area contributed by atoms with Crippen molar-refractivity contribution in [2.24, 2.45) is 0 Å². The zero-order valence-corrected chi connectivity index (χ0v) is 11.3. The number of rotatable bonds is 3. The summed E-state index contributed by atoms with van der Waals surface area (Å²) < 4.78 is 5.04. The van der Waals surface area contributed by atoms with E-state index in [2.05, 4.69) is 21.3 Å². The molecule has 100 valence electrons. The molecule has 1 atom stereocenters. The van der Waals surface area contributed by atoms with E-state index in [0.717, 1.165) is 36.9 Å². The molecule has 0 saturated carbocycles. The van der Waals surface area contributed by atoms with Gasteiger partial charge in [0, 0.05) is 37.2 Å². The number of piperazine rings is 1. The smallest absolute Gasteiger partial charge is 0.180 e. The largest absolute Gasteiger partial charge is 0.451 e. The van der Waals surface area contributed by atoms with E-state index >= 15 is 0 Å². The molecule has 4 nitrogen and oxygen atoms in total. The number of hydrogen-bond acceptors (Lipinski definition) is 4. The number of halogens is 1. The standard InChI is InChI=1S/C14H16ClN3O/c15-12-3-1-2-11(6-12)14-7-16-4-5-18(14)8-13-9-19-10-17-13/h1-3,6,9-10,14,16H,4-5,7-8H2. The molecule has 1 N–H and O–H groups in total. The van der Waals surface area contributed by atoms with Crippen LogP contribution in [-0.2, 0) is 6.54 Å². The van der Waals surface area contributed by atoms with Crippen LogP contribution in [0.15, 0.2) is 41.3 Å². The predicted molar refractivity (Wildman–Crippen MR) is 74.0 cm³/mol. The first kappa shape index (κ1) is 12.7. The number of nitrogens with one attached hydrogen (secondary N) is 1. The van der Waals surface area contributed by atoms with Crippen LogP contribution in [0, 0.1) is 0 Å². The lowest BCUT2D eigenvalue weighted by Gasteiger charge is -2.36. The molecule has 5 heteroatoms. The first-order valence-electron chi connectivity index (χ1n) is 6.40. The molecule has 19 heavy (non-hydrogen) atoms. The summed E-state index contributed by atoms with van der Waals surface area (Å²) in [6.07, 6.45) is 3.18. The Morgan fingerprint density at radius 2 is 2.42 bits per heavy atom. The predicted octanol–water partition coefficient (Wildman–Crippen LogP) is 2.47. The van der Waals surface area contributed by atoms with Crippen LogP contribution >= 0.6 is 11.6 Å². The second-order valence-corrected chi connectivity index (χ2v) is 5.16. The van der Waals surface area contributed by atoms with Gasteiger partial charge in [-0.2, -0.15) is 0 Å². The molecule has 0 bridgehead atoms. The van der Waals surface area contributed by atoms with Crippen molar-refractivity contribution >= 4 is 11.6 Å². The summed E-state index contributed by atoms with van der Waals surface area (Å²) in [4.78, 5) is 6.60. The minimum Gasteiger partial charge on any atom is -0.451 e. The van der Waals surface area contributed by atoms with Crippen LogP contribution in [0.2, 0.25) is 5.02 Å². The van der Waals surface area contributed by atoms with Crippen LogP contribution < -0.4 is 5.32 Å². The fraction of sp³-hybridized carbons (Fsp3) is 0.357. The second-order valence-electron chi connectivity index (χ2n) is 4.73. The molecule has 1 fully saturated rings. The highest BCUT2D eigenvalue weighted by Gasteiger charge is 2.24. The van der Waals surface area contributed by atoms with Crippen molar-refractivity contribution in [1.29, 1.82) is 0 Å². The number of nitrogens with zero attached hydrogens (tertiary/aromatic N) is 2. The first-order chi connectivity index (χ1) is 9.33. The van der Waals surface area contributed by atoms with E-state index in [1.54, 1.807) is 6.26 Å². The third kappa shape index (κ3) is 2.97. The number of benzene rings is 1. The Morgan fingerprint density at radius 1 is 1.47 bits per heavy atom. The Morgan fingerprint density at radius 3 is 3.21 bits per heavy atom. The molecule has 0 aliphatic carbocycles. The first-order valence-corrected chi connectivity index (χ1v) is 6.78. The molecule has 2 aromatic rings. The molecule has 2 heterocycles. The quantitative estimate of drug-likeness (QED) is 0.936. The number of aromatic nitrogens is 1. The lowest BCUT2D eigenvalue weighted by atomic mass is 10.0. The van der Waals surface area contributed by atoms with Gasteiger partial charge in [0.1, 0.15) is 6.26 Å². The van der Waals surface area contributed by atoms with Crippen LogP contribution in [0.25, 0.3) is 0 Å². The average Bonchev–Trinajstić information content (AvgIpc) is 2.92. The lowest BCUT2D eigenvalue weighted by Crippen LogP contribution is -2.45. The molecular formula is C14H16ClN3O.